The van der Waals surface area contributed by atoms with E-state index in [9.17, 15) is 9.90 Å². The molecule has 1 aliphatic rings. The lowest BCUT2D eigenvalue weighted by molar-refractivity contribution is -0.145. The van der Waals surface area contributed by atoms with Gasteiger partial charge in [-0.15, -0.1) is 0 Å². The minimum absolute atomic E-state index is 0.0428. The molecular formula is C16H22O3. The summed E-state index contributed by atoms with van der Waals surface area (Å²) in [6.45, 7) is 1.99. The summed E-state index contributed by atoms with van der Waals surface area (Å²) < 4.78 is 5.28. The van der Waals surface area contributed by atoms with E-state index in [1.54, 1.807) is 7.11 Å². The third-order valence-corrected chi connectivity index (χ3v) is 4.40. The second-order valence-corrected chi connectivity index (χ2v) is 5.45. The molecule has 1 aromatic rings. The third-order valence-electron chi connectivity index (χ3n) is 4.40. The van der Waals surface area contributed by atoms with Crippen LogP contribution in [-0.4, -0.2) is 18.2 Å². The number of carbonyl (C=O) groups is 1. The summed E-state index contributed by atoms with van der Waals surface area (Å²) in [5, 5.41) is 9.64. The Labute approximate surface area is 114 Å². The van der Waals surface area contributed by atoms with Gasteiger partial charge in [-0.25, -0.2) is 0 Å². The van der Waals surface area contributed by atoms with Crippen LogP contribution in [0.2, 0.25) is 0 Å². The summed E-state index contributed by atoms with van der Waals surface area (Å²) in [4.78, 5) is 11.7. The summed E-state index contributed by atoms with van der Waals surface area (Å²) in [5.41, 5.74) is 1.35. The molecule has 19 heavy (non-hydrogen) atoms. The number of hydrogen-bond donors (Lipinski definition) is 1. The van der Waals surface area contributed by atoms with Gasteiger partial charge in [0.25, 0.3) is 0 Å². The molecular weight excluding hydrogens is 240 g/mol. The summed E-state index contributed by atoms with van der Waals surface area (Å²) in [7, 11) is 1.68. The quantitative estimate of drug-likeness (QED) is 0.900. The maximum Gasteiger partial charge on any atom is 0.314 e. The first-order chi connectivity index (χ1) is 9.10. The molecule has 0 spiro atoms. The molecule has 1 saturated carbocycles. The summed E-state index contributed by atoms with van der Waals surface area (Å²) in [5.74, 6) is -0.681. The van der Waals surface area contributed by atoms with E-state index in [1.165, 1.54) is 0 Å². The zero-order chi connectivity index (χ0) is 13.9. The molecule has 1 N–H and O–H groups in total. The van der Waals surface area contributed by atoms with Crippen LogP contribution in [0.25, 0.3) is 0 Å². The van der Waals surface area contributed by atoms with Gasteiger partial charge >= 0.3 is 5.97 Å². The minimum atomic E-state index is -0.681. The lowest BCUT2D eigenvalue weighted by Gasteiger charge is -2.33. The summed E-state index contributed by atoms with van der Waals surface area (Å²) >= 11 is 0. The van der Waals surface area contributed by atoms with Gasteiger partial charge in [-0.05, 0) is 30.9 Å². The van der Waals surface area contributed by atoms with Crippen LogP contribution in [0, 0.1) is 0 Å². The zero-order valence-corrected chi connectivity index (χ0v) is 11.7. The zero-order valence-electron chi connectivity index (χ0n) is 11.7. The Morgan fingerprint density at radius 2 is 1.79 bits per heavy atom. The van der Waals surface area contributed by atoms with Crippen LogP contribution < -0.4 is 0 Å². The summed E-state index contributed by atoms with van der Waals surface area (Å²) in [6.07, 6.45) is 4.70. The van der Waals surface area contributed by atoms with Gasteiger partial charge in [0.05, 0.1) is 11.5 Å². The van der Waals surface area contributed by atoms with Crippen molar-refractivity contribution in [2.75, 3.05) is 7.11 Å². The molecule has 0 aliphatic heterocycles. The molecule has 0 saturated heterocycles. The van der Waals surface area contributed by atoms with E-state index in [0.29, 0.717) is 0 Å². The van der Waals surface area contributed by atoms with Gasteiger partial charge in [-0.2, -0.15) is 0 Å². The average Bonchev–Trinajstić information content (AvgIpc) is 2.47. The van der Waals surface area contributed by atoms with Crippen molar-refractivity contribution >= 4 is 5.97 Å². The molecule has 0 bridgehead atoms. The number of benzene rings is 1. The molecule has 0 radical (unpaired) electrons. The van der Waals surface area contributed by atoms with E-state index < -0.39 is 11.4 Å². The predicted octanol–water partition coefficient (Wildman–Crippen LogP) is 3.68. The van der Waals surface area contributed by atoms with Crippen molar-refractivity contribution in [3.8, 4) is 0 Å². The van der Waals surface area contributed by atoms with Crippen molar-refractivity contribution in [1.82, 2.24) is 0 Å². The average molecular weight is 262 g/mol. The largest absolute Gasteiger partial charge is 0.481 e. The number of methoxy groups -OCH3 is 1. The third kappa shape index (κ3) is 2.66. The van der Waals surface area contributed by atoms with Crippen LogP contribution in [0.3, 0.4) is 0 Å². The predicted molar refractivity (Wildman–Crippen MR) is 74.3 cm³/mol. The van der Waals surface area contributed by atoms with Gasteiger partial charge in [0.2, 0.25) is 0 Å². The minimum Gasteiger partial charge on any atom is -0.481 e. The lowest BCUT2D eigenvalue weighted by atomic mass is 9.69. The van der Waals surface area contributed by atoms with Crippen LogP contribution in [0.15, 0.2) is 24.3 Å². The van der Waals surface area contributed by atoms with Crippen LogP contribution >= 0.6 is 0 Å². The number of hydrogen-bond acceptors (Lipinski definition) is 2. The highest BCUT2D eigenvalue weighted by Crippen LogP contribution is 2.40. The lowest BCUT2D eigenvalue weighted by Crippen LogP contribution is -2.37. The van der Waals surface area contributed by atoms with Crippen molar-refractivity contribution in [2.45, 2.75) is 50.5 Å². The Balaban J connectivity index is 2.30. The normalized spacial score (nSPS) is 19.9. The highest BCUT2D eigenvalue weighted by molar-refractivity contribution is 5.81. The standard InChI is InChI=1S/C16H22O3/c1-12(19-2)13-6-8-14(9-7-13)16(15(17)18)10-4-3-5-11-16/h6-9,12H,3-5,10-11H2,1-2H3,(H,17,18). The molecule has 2 rings (SSSR count). The highest BCUT2D eigenvalue weighted by Gasteiger charge is 2.41. The molecule has 3 heteroatoms. The van der Waals surface area contributed by atoms with Crippen molar-refractivity contribution in [3.63, 3.8) is 0 Å². The summed E-state index contributed by atoms with van der Waals surface area (Å²) in [6, 6.07) is 7.90. The monoisotopic (exact) mass is 262 g/mol. The maximum atomic E-state index is 11.7. The van der Waals surface area contributed by atoms with E-state index in [2.05, 4.69) is 0 Å². The van der Waals surface area contributed by atoms with Crippen LogP contribution in [0.4, 0.5) is 0 Å². The second-order valence-electron chi connectivity index (χ2n) is 5.45. The first kappa shape index (κ1) is 14.1. The van der Waals surface area contributed by atoms with Crippen molar-refractivity contribution in [3.05, 3.63) is 35.4 Å². The van der Waals surface area contributed by atoms with E-state index in [4.69, 9.17) is 4.74 Å². The van der Waals surface area contributed by atoms with Crippen molar-refractivity contribution < 1.29 is 14.6 Å². The van der Waals surface area contributed by atoms with Gasteiger partial charge in [0.15, 0.2) is 0 Å². The fourth-order valence-corrected chi connectivity index (χ4v) is 2.99. The van der Waals surface area contributed by atoms with E-state index in [-0.39, 0.29) is 6.10 Å². The Bertz CT molecular complexity index is 430. The van der Waals surface area contributed by atoms with Crippen LogP contribution in [0.5, 0.6) is 0 Å². The topological polar surface area (TPSA) is 46.5 Å². The smallest absolute Gasteiger partial charge is 0.314 e. The Morgan fingerprint density at radius 1 is 1.21 bits per heavy atom. The Hall–Kier alpha value is -1.35. The van der Waals surface area contributed by atoms with Gasteiger partial charge in [0.1, 0.15) is 0 Å². The number of rotatable bonds is 4. The molecule has 1 aliphatic carbocycles. The van der Waals surface area contributed by atoms with Gasteiger partial charge in [0, 0.05) is 7.11 Å². The fraction of sp³-hybridized carbons (Fsp3) is 0.562. The Morgan fingerprint density at radius 3 is 2.26 bits per heavy atom. The first-order valence-electron chi connectivity index (χ1n) is 6.97. The molecule has 3 nitrogen and oxygen atoms in total. The first-order valence-corrected chi connectivity index (χ1v) is 6.97. The van der Waals surface area contributed by atoms with E-state index >= 15 is 0 Å². The van der Waals surface area contributed by atoms with E-state index in [0.717, 1.165) is 43.2 Å². The van der Waals surface area contributed by atoms with Crippen LogP contribution in [-0.2, 0) is 14.9 Å². The van der Waals surface area contributed by atoms with Crippen molar-refractivity contribution in [2.24, 2.45) is 0 Å². The van der Waals surface area contributed by atoms with Crippen LogP contribution in [0.1, 0.15) is 56.3 Å². The number of aliphatic carboxylic acids is 1. The molecule has 1 unspecified atom stereocenters. The fourth-order valence-electron chi connectivity index (χ4n) is 2.99. The molecule has 1 atom stereocenters. The number of carboxylic acid groups (broad SMARTS) is 1. The maximum absolute atomic E-state index is 11.7. The molecule has 0 aromatic heterocycles. The van der Waals surface area contributed by atoms with Gasteiger partial charge < -0.3 is 9.84 Å². The Kier molecular flexibility index (Phi) is 4.25. The molecule has 1 fully saturated rings. The van der Waals surface area contributed by atoms with Gasteiger partial charge in [-0.3, -0.25) is 4.79 Å². The second kappa shape index (κ2) is 5.74. The molecule has 0 amide bonds. The SMILES string of the molecule is COC(C)c1ccc(C2(C(=O)O)CCCCC2)cc1. The highest BCUT2D eigenvalue weighted by atomic mass is 16.5. The number of carboxylic acids is 1. The molecule has 104 valence electrons. The van der Waals surface area contributed by atoms with E-state index in [1.807, 2.05) is 31.2 Å². The number of ether oxygens (including phenoxy) is 1. The van der Waals surface area contributed by atoms with Crippen molar-refractivity contribution in [1.29, 1.82) is 0 Å². The van der Waals surface area contributed by atoms with Gasteiger partial charge in [-0.1, -0.05) is 43.5 Å². The molecule has 0 heterocycles. The molecule has 1 aromatic carbocycles.